The highest BCUT2D eigenvalue weighted by molar-refractivity contribution is 9.10. The predicted octanol–water partition coefficient (Wildman–Crippen LogP) is 1.93. The molecule has 0 saturated heterocycles. The first-order valence-corrected chi connectivity index (χ1v) is 5.71. The van der Waals surface area contributed by atoms with E-state index in [2.05, 4.69) is 21.2 Å². The van der Waals surface area contributed by atoms with Gasteiger partial charge in [-0.2, -0.15) is 0 Å². The number of methoxy groups -OCH3 is 1. The Labute approximate surface area is 98.6 Å². The molecule has 0 atom stereocenters. The minimum absolute atomic E-state index is 0.228. The Morgan fingerprint density at radius 2 is 2.27 bits per heavy atom. The third kappa shape index (κ3) is 4.20. The van der Waals surface area contributed by atoms with E-state index in [1.165, 1.54) is 0 Å². The maximum Gasteiger partial charge on any atom is 0.119 e. The van der Waals surface area contributed by atoms with Gasteiger partial charge in [-0.15, -0.1) is 0 Å². The van der Waals surface area contributed by atoms with Gasteiger partial charge in [0.2, 0.25) is 0 Å². The molecule has 0 bridgehead atoms. The molecule has 1 aromatic carbocycles. The van der Waals surface area contributed by atoms with Crippen molar-refractivity contribution < 1.29 is 9.84 Å². The Balaban J connectivity index is 2.51. The van der Waals surface area contributed by atoms with Gasteiger partial charge in [0.25, 0.3) is 0 Å². The molecule has 0 saturated carbocycles. The smallest absolute Gasteiger partial charge is 0.119 e. The minimum atomic E-state index is 0.228. The maximum absolute atomic E-state index is 8.63. The highest BCUT2D eigenvalue weighted by Gasteiger charge is 2.01. The Morgan fingerprint density at radius 3 is 2.93 bits per heavy atom. The molecule has 4 heteroatoms. The molecule has 0 spiro atoms. The van der Waals surface area contributed by atoms with Crippen molar-refractivity contribution in [3.05, 3.63) is 28.2 Å². The largest absolute Gasteiger partial charge is 0.497 e. The van der Waals surface area contributed by atoms with Crippen LogP contribution in [-0.2, 0) is 6.54 Å². The number of hydrogen-bond acceptors (Lipinski definition) is 3. The number of benzene rings is 1. The average Bonchev–Trinajstić information content (AvgIpc) is 2.26. The van der Waals surface area contributed by atoms with Crippen LogP contribution in [0.2, 0.25) is 0 Å². The number of aliphatic hydroxyl groups is 1. The van der Waals surface area contributed by atoms with Crippen LogP contribution in [0.4, 0.5) is 0 Å². The molecule has 0 radical (unpaired) electrons. The third-order valence-electron chi connectivity index (χ3n) is 2.08. The minimum Gasteiger partial charge on any atom is -0.497 e. The Kier molecular flexibility index (Phi) is 5.68. The summed E-state index contributed by atoms with van der Waals surface area (Å²) >= 11 is 3.48. The fourth-order valence-electron chi connectivity index (χ4n) is 1.24. The van der Waals surface area contributed by atoms with Crippen molar-refractivity contribution in [3.63, 3.8) is 0 Å². The molecule has 1 aromatic rings. The van der Waals surface area contributed by atoms with E-state index >= 15 is 0 Å². The zero-order valence-corrected chi connectivity index (χ0v) is 10.4. The van der Waals surface area contributed by atoms with Crippen LogP contribution in [0.15, 0.2) is 22.7 Å². The lowest BCUT2D eigenvalue weighted by Crippen LogP contribution is -2.16. The lowest BCUT2D eigenvalue weighted by molar-refractivity contribution is 0.286. The van der Waals surface area contributed by atoms with Gasteiger partial charge in [-0.05, 0) is 36.7 Å². The van der Waals surface area contributed by atoms with E-state index in [4.69, 9.17) is 9.84 Å². The number of rotatable bonds is 6. The van der Waals surface area contributed by atoms with E-state index < -0.39 is 0 Å². The predicted molar refractivity (Wildman–Crippen MR) is 64.1 cm³/mol. The van der Waals surface area contributed by atoms with E-state index in [-0.39, 0.29) is 6.61 Å². The molecular weight excluding hydrogens is 258 g/mol. The van der Waals surface area contributed by atoms with E-state index in [1.54, 1.807) is 7.11 Å². The first-order chi connectivity index (χ1) is 7.27. The van der Waals surface area contributed by atoms with Gasteiger partial charge >= 0.3 is 0 Å². The van der Waals surface area contributed by atoms with Gasteiger partial charge < -0.3 is 15.2 Å². The van der Waals surface area contributed by atoms with Crippen molar-refractivity contribution in [2.45, 2.75) is 13.0 Å². The standard InChI is InChI=1S/C11H16BrNO2/c1-15-10-3-4-11(12)9(7-10)8-13-5-2-6-14/h3-4,7,13-14H,2,5-6,8H2,1H3. The van der Waals surface area contributed by atoms with Crippen LogP contribution in [0.5, 0.6) is 5.75 Å². The summed E-state index contributed by atoms with van der Waals surface area (Å²) in [6, 6.07) is 5.89. The second kappa shape index (κ2) is 6.82. The van der Waals surface area contributed by atoms with Crippen LogP contribution < -0.4 is 10.1 Å². The highest BCUT2D eigenvalue weighted by Crippen LogP contribution is 2.22. The lowest BCUT2D eigenvalue weighted by atomic mass is 10.2. The van der Waals surface area contributed by atoms with E-state index in [1.807, 2.05) is 18.2 Å². The number of nitrogens with one attached hydrogen (secondary N) is 1. The van der Waals surface area contributed by atoms with Crippen molar-refractivity contribution in [3.8, 4) is 5.75 Å². The summed E-state index contributed by atoms with van der Waals surface area (Å²) in [4.78, 5) is 0. The Bertz CT molecular complexity index is 305. The lowest BCUT2D eigenvalue weighted by Gasteiger charge is -2.08. The summed E-state index contributed by atoms with van der Waals surface area (Å²) in [5.74, 6) is 0.858. The first kappa shape index (κ1) is 12.5. The molecule has 0 amide bonds. The molecule has 0 aliphatic heterocycles. The zero-order chi connectivity index (χ0) is 11.1. The molecule has 3 nitrogen and oxygen atoms in total. The van der Waals surface area contributed by atoms with Crippen molar-refractivity contribution in [2.75, 3.05) is 20.3 Å². The molecular formula is C11H16BrNO2. The molecule has 1 rings (SSSR count). The van der Waals surface area contributed by atoms with Crippen molar-refractivity contribution in [1.29, 1.82) is 0 Å². The molecule has 0 aliphatic carbocycles. The van der Waals surface area contributed by atoms with Gasteiger partial charge in [0.05, 0.1) is 7.11 Å². The number of halogens is 1. The van der Waals surface area contributed by atoms with Crippen LogP contribution in [0, 0.1) is 0 Å². The summed E-state index contributed by atoms with van der Waals surface area (Å²) in [6.07, 6.45) is 0.779. The van der Waals surface area contributed by atoms with Gasteiger partial charge in [-0.3, -0.25) is 0 Å². The van der Waals surface area contributed by atoms with Gasteiger partial charge in [-0.25, -0.2) is 0 Å². The number of ether oxygens (including phenoxy) is 1. The van der Waals surface area contributed by atoms with Crippen molar-refractivity contribution >= 4 is 15.9 Å². The normalized spacial score (nSPS) is 10.3. The van der Waals surface area contributed by atoms with Gasteiger partial charge in [0.1, 0.15) is 5.75 Å². The van der Waals surface area contributed by atoms with Crippen LogP contribution in [0.1, 0.15) is 12.0 Å². The Morgan fingerprint density at radius 1 is 1.47 bits per heavy atom. The van der Waals surface area contributed by atoms with Gasteiger partial charge in [0, 0.05) is 17.6 Å². The first-order valence-electron chi connectivity index (χ1n) is 4.92. The summed E-state index contributed by atoms with van der Waals surface area (Å²) in [7, 11) is 1.66. The van der Waals surface area contributed by atoms with Gasteiger partial charge in [0.15, 0.2) is 0 Å². The maximum atomic E-state index is 8.63. The molecule has 0 heterocycles. The van der Waals surface area contributed by atoms with E-state index in [0.717, 1.165) is 35.3 Å². The van der Waals surface area contributed by atoms with Crippen LogP contribution >= 0.6 is 15.9 Å². The zero-order valence-electron chi connectivity index (χ0n) is 8.79. The summed E-state index contributed by atoms with van der Waals surface area (Å²) in [5, 5.41) is 11.9. The van der Waals surface area contributed by atoms with Crippen LogP contribution in [0.3, 0.4) is 0 Å². The van der Waals surface area contributed by atoms with E-state index in [0.29, 0.717) is 0 Å². The quantitative estimate of drug-likeness (QED) is 0.779. The third-order valence-corrected chi connectivity index (χ3v) is 2.85. The van der Waals surface area contributed by atoms with Crippen LogP contribution in [-0.4, -0.2) is 25.4 Å². The molecule has 0 fully saturated rings. The molecule has 0 unspecified atom stereocenters. The van der Waals surface area contributed by atoms with Gasteiger partial charge in [-0.1, -0.05) is 15.9 Å². The molecule has 0 aliphatic rings. The second-order valence-corrected chi connectivity index (χ2v) is 4.07. The van der Waals surface area contributed by atoms with E-state index in [9.17, 15) is 0 Å². The van der Waals surface area contributed by atoms with Crippen molar-refractivity contribution in [1.82, 2.24) is 5.32 Å². The second-order valence-electron chi connectivity index (χ2n) is 3.21. The summed E-state index contributed by atoms with van der Waals surface area (Å²) in [6.45, 7) is 1.82. The summed E-state index contributed by atoms with van der Waals surface area (Å²) in [5.41, 5.74) is 1.16. The molecule has 15 heavy (non-hydrogen) atoms. The summed E-state index contributed by atoms with van der Waals surface area (Å²) < 4.78 is 6.22. The topological polar surface area (TPSA) is 41.5 Å². The highest BCUT2D eigenvalue weighted by atomic mass is 79.9. The SMILES string of the molecule is COc1ccc(Br)c(CNCCCO)c1. The Hall–Kier alpha value is -0.580. The number of aliphatic hydroxyl groups excluding tert-OH is 1. The fourth-order valence-corrected chi connectivity index (χ4v) is 1.63. The monoisotopic (exact) mass is 273 g/mol. The molecule has 2 N–H and O–H groups in total. The molecule has 0 aromatic heterocycles. The average molecular weight is 274 g/mol. The number of hydrogen-bond donors (Lipinski definition) is 2. The van der Waals surface area contributed by atoms with Crippen molar-refractivity contribution in [2.24, 2.45) is 0 Å². The fraction of sp³-hybridized carbons (Fsp3) is 0.455. The molecule has 84 valence electrons. The van der Waals surface area contributed by atoms with Crippen LogP contribution in [0.25, 0.3) is 0 Å².